The molecule has 1 saturated heterocycles. The van der Waals surface area contributed by atoms with Crippen molar-refractivity contribution in [2.75, 3.05) is 0 Å². The van der Waals surface area contributed by atoms with Gasteiger partial charge in [0.25, 0.3) is 5.91 Å². The Hall–Kier alpha value is -2.24. The molecule has 0 bridgehead atoms. The van der Waals surface area contributed by atoms with Gasteiger partial charge in [-0.3, -0.25) is 19.9 Å². The van der Waals surface area contributed by atoms with Crippen LogP contribution in [0.1, 0.15) is 24.8 Å². The topological polar surface area (TPSA) is 80.7 Å². The van der Waals surface area contributed by atoms with Crippen LogP contribution in [-0.4, -0.2) is 28.1 Å². The second kappa shape index (κ2) is 3.90. The van der Waals surface area contributed by atoms with Gasteiger partial charge in [-0.15, -0.1) is 0 Å². The van der Waals surface area contributed by atoms with Gasteiger partial charge < -0.3 is 4.84 Å². The Morgan fingerprint density at radius 3 is 3.00 bits per heavy atom. The van der Waals surface area contributed by atoms with Gasteiger partial charge >= 0.3 is 0 Å². The predicted octanol–water partition coefficient (Wildman–Crippen LogP) is 0.381. The Morgan fingerprint density at radius 1 is 1.39 bits per heavy atom. The lowest BCUT2D eigenvalue weighted by molar-refractivity contribution is -0.153. The normalized spacial score (nSPS) is 26.8. The first-order chi connectivity index (χ1) is 8.70. The first-order valence-corrected chi connectivity index (χ1v) is 5.69. The standard InChI is InChI=1S/C12H11N3O3/c16-10-3-4-12(11(17)14-10)6-9(15-18-12)8-2-1-5-13-7-8/h1-2,5,7H,3-4,6H2,(H,14,16,17). The van der Waals surface area contributed by atoms with Crippen LogP contribution in [0.25, 0.3) is 0 Å². The number of piperidine rings is 1. The number of hydrogen-bond acceptors (Lipinski definition) is 5. The lowest BCUT2D eigenvalue weighted by atomic mass is 9.87. The molecule has 1 atom stereocenters. The zero-order valence-corrected chi connectivity index (χ0v) is 9.55. The molecule has 3 rings (SSSR count). The van der Waals surface area contributed by atoms with Gasteiger partial charge in [-0.1, -0.05) is 5.16 Å². The third-order valence-electron chi connectivity index (χ3n) is 3.20. The number of hydrogen-bond donors (Lipinski definition) is 1. The lowest BCUT2D eigenvalue weighted by Crippen LogP contribution is -2.53. The summed E-state index contributed by atoms with van der Waals surface area (Å²) in [5, 5.41) is 6.26. The Balaban J connectivity index is 1.82. The van der Waals surface area contributed by atoms with Crippen molar-refractivity contribution in [2.45, 2.75) is 24.9 Å². The number of oxime groups is 1. The van der Waals surface area contributed by atoms with Gasteiger partial charge in [0.1, 0.15) is 0 Å². The van der Waals surface area contributed by atoms with Crippen molar-refractivity contribution >= 4 is 17.5 Å². The van der Waals surface area contributed by atoms with Crippen molar-refractivity contribution in [1.82, 2.24) is 10.3 Å². The second-order valence-corrected chi connectivity index (χ2v) is 4.42. The quantitative estimate of drug-likeness (QED) is 0.725. The Morgan fingerprint density at radius 2 is 2.28 bits per heavy atom. The van der Waals surface area contributed by atoms with Crippen LogP contribution in [-0.2, 0) is 14.4 Å². The monoisotopic (exact) mass is 245 g/mol. The predicted molar refractivity (Wildman–Crippen MR) is 61.6 cm³/mol. The number of nitrogens with one attached hydrogen (secondary N) is 1. The van der Waals surface area contributed by atoms with Crippen molar-refractivity contribution in [3.63, 3.8) is 0 Å². The van der Waals surface area contributed by atoms with Crippen LogP contribution in [0, 0.1) is 0 Å². The molecule has 0 saturated carbocycles. The summed E-state index contributed by atoms with van der Waals surface area (Å²) in [5.41, 5.74) is 0.505. The van der Waals surface area contributed by atoms with E-state index in [0.29, 0.717) is 18.6 Å². The molecule has 0 aromatic carbocycles. The zero-order chi connectivity index (χ0) is 12.6. The summed E-state index contributed by atoms with van der Waals surface area (Å²) in [6.45, 7) is 0. The highest BCUT2D eigenvalue weighted by Gasteiger charge is 2.49. The molecule has 1 spiro atoms. The van der Waals surface area contributed by atoms with Gasteiger partial charge in [0.2, 0.25) is 11.5 Å². The number of aromatic nitrogens is 1. The average molecular weight is 245 g/mol. The number of carbonyl (C=O) groups is 2. The number of nitrogens with zero attached hydrogens (tertiary/aromatic N) is 2. The largest absolute Gasteiger partial charge is 0.378 e. The molecule has 2 aliphatic rings. The van der Waals surface area contributed by atoms with E-state index in [1.807, 2.05) is 6.07 Å². The van der Waals surface area contributed by atoms with E-state index in [2.05, 4.69) is 15.5 Å². The molecular formula is C12H11N3O3. The van der Waals surface area contributed by atoms with Crippen molar-refractivity contribution in [1.29, 1.82) is 0 Å². The molecule has 6 heteroatoms. The fourth-order valence-corrected chi connectivity index (χ4v) is 2.15. The van der Waals surface area contributed by atoms with Crippen molar-refractivity contribution in [3.8, 4) is 0 Å². The summed E-state index contributed by atoms with van der Waals surface area (Å²) in [6, 6.07) is 3.66. The van der Waals surface area contributed by atoms with E-state index in [1.165, 1.54) is 0 Å². The highest BCUT2D eigenvalue weighted by Crippen LogP contribution is 2.33. The van der Waals surface area contributed by atoms with Gasteiger partial charge in [-0.05, 0) is 12.1 Å². The van der Waals surface area contributed by atoms with E-state index in [-0.39, 0.29) is 12.3 Å². The highest BCUT2D eigenvalue weighted by atomic mass is 16.7. The van der Waals surface area contributed by atoms with Gasteiger partial charge in [0.15, 0.2) is 0 Å². The number of carbonyl (C=O) groups excluding carboxylic acids is 2. The third-order valence-corrected chi connectivity index (χ3v) is 3.20. The average Bonchev–Trinajstić information content (AvgIpc) is 2.82. The number of rotatable bonds is 1. The molecule has 1 aromatic heterocycles. The molecule has 0 radical (unpaired) electrons. The van der Waals surface area contributed by atoms with Crippen LogP contribution in [0.5, 0.6) is 0 Å². The lowest BCUT2D eigenvalue weighted by Gasteiger charge is -2.28. The number of amides is 2. The summed E-state index contributed by atoms with van der Waals surface area (Å²) < 4.78 is 0. The third kappa shape index (κ3) is 1.66. The number of imide groups is 1. The summed E-state index contributed by atoms with van der Waals surface area (Å²) in [6.07, 6.45) is 4.36. The molecule has 1 aromatic rings. The fourth-order valence-electron chi connectivity index (χ4n) is 2.15. The molecule has 2 amide bonds. The molecular weight excluding hydrogens is 234 g/mol. The molecule has 3 heterocycles. The van der Waals surface area contributed by atoms with E-state index < -0.39 is 11.5 Å². The molecule has 92 valence electrons. The summed E-state index contributed by atoms with van der Waals surface area (Å²) in [4.78, 5) is 32.3. The van der Waals surface area contributed by atoms with E-state index in [9.17, 15) is 9.59 Å². The van der Waals surface area contributed by atoms with Gasteiger partial charge in [0, 0.05) is 37.2 Å². The fraction of sp³-hybridized carbons (Fsp3) is 0.333. The maximum absolute atomic E-state index is 11.9. The maximum Gasteiger partial charge on any atom is 0.274 e. The Kier molecular flexibility index (Phi) is 2.36. The summed E-state index contributed by atoms with van der Waals surface area (Å²) >= 11 is 0. The minimum atomic E-state index is -1.01. The molecule has 18 heavy (non-hydrogen) atoms. The molecule has 1 fully saturated rings. The first kappa shape index (κ1) is 10.9. The van der Waals surface area contributed by atoms with Crippen LogP contribution in [0.3, 0.4) is 0 Å². The van der Waals surface area contributed by atoms with Gasteiger partial charge in [-0.25, -0.2) is 0 Å². The first-order valence-electron chi connectivity index (χ1n) is 5.69. The van der Waals surface area contributed by atoms with Crippen LogP contribution < -0.4 is 5.32 Å². The van der Waals surface area contributed by atoms with Crippen LogP contribution in [0.2, 0.25) is 0 Å². The SMILES string of the molecule is O=C1CCC2(CC(c3cccnc3)=NO2)C(=O)N1. The van der Waals surface area contributed by atoms with Crippen LogP contribution >= 0.6 is 0 Å². The smallest absolute Gasteiger partial charge is 0.274 e. The second-order valence-electron chi connectivity index (χ2n) is 4.42. The molecule has 6 nitrogen and oxygen atoms in total. The molecule has 0 aliphatic carbocycles. The van der Waals surface area contributed by atoms with E-state index >= 15 is 0 Å². The summed E-state index contributed by atoms with van der Waals surface area (Å²) in [7, 11) is 0. The van der Waals surface area contributed by atoms with E-state index in [4.69, 9.17) is 4.84 Å². The Bertz CT molecular complexity index is 541. The van der Waals surface area contributed by atoms with Crippen molar-refractivity contribution < 1.29 is 14.4 Å². The summed E-state index contributed by atoms with van der Waals surface area (Å²) in [5.74, 6) is -0.662. The molecule has 1 N–H and O–H groups in total. The number of pyridine rings is 1. The van der Waals surface area contributed by atoms with Gasteiger partial charge in [0.05, 0.1) is 5.71 Å². The molecule has 1 unspecified atom stereocenters. The molecule has 2 aliphatic heterocycles. The van der Waals surface area contributed by atoms with Crippen LogP contribution in [0.4, 0.5) is 0 Å². The van der Waals surface area contributed by atoms with E-state index in [0.717, 1.165) is 5.56 Å². The van der Waals surface area contributed by atoms with E-state index in [1.54, 1.807) is 18.5 Å². The highest BCUT2D eigenvalue weighted by molar-refractivity contribution is 6.09. The van der Waals surface area contributed by atoms with Crippen LogP contribution in [0.15, 0.2) is 29.7 Å². The Labute approximate surface area is 103 Å². The van der Waals surface area contributed by atoms with Gasteiger partial charge in [-0.2, -0.15) is 0 Å². The van der Waals surface area contributed by atoms with Crippen molar-refractivity contribution in [3.05, 3.63) is 30.1 Å². The minimum absolute atomic E-state index is 0.260. The van der Waals surface area contributed by atoms with Crippen molar-refractivity contribution in [2.24, 2.45) is 5.16 Å². The maximum atomic E-state index is 11.9. The minimum Gasteiger partial charge on any atom is -0.378 e. The zero-order valence-electron chi connectivity index (χ0n) is 9.55.